The summed E-state index contributed by atoms with van der Waals surface area (Å²) in [6, 6.07) is 8.09. The number of aromatic nitrogens is 3. The minimum atomic E-state index is -0.730. The highest BCUT2D eigenvalue weighted by atomic mass is 16.5. The van der Waals surface area contributed by atoms with Crippen LogP contribution in [-0.2, 0) is 22.5 Å². The van der Waals surface area contributed by atoms with E-state index in [1.807, 2.05) is 17.0 Å². The Morgan fingerprint density at radius 3 is 2.96 bits per heavy atom. The van der Waals surface area contributed by atoms with Gasteiger partial charge in [0, 0.05) is 25.9 Å². The molecule has 1 N–H and O–H groups in total. The molecule has 1 amide bonds. The van der Waals surface area contributed by atoms with E-state index in [2.05, 4.69) is 29.1 Å². The molecule has 1 aromatic heterocycles. The number of carbonyl (C=O) groups excluding carboxylic acids is 1. The number of hydrogen-bond donors (Lipinski definition) is 1. The molecule has 2 aromatic rings. The molecule has 1 aliphatic heterocycles. The summed E-state index contributed by atoms with van der Waals surface area (Å²) in [5.41, 5.74) is 1.58. The van der Waals surface area contributed by atoms with Crippen LogP contribution in [0.4, 0.5) is 0 Å². The van der Waals surface area contributed by atoms with Gasteiger partial charge in [-0.05, 0) is 24.5 Å². The maximum Gasteiger partial charge on any atom is 0.222 e. The summed E-state index contributed by atoms with van der Waals surface area (Å²) in [4.78, 5) is 18.3. The number of morpholine rings is 1. The third kappa shape index (κ3) is 4.47. The van der Waals surface area contributed by atoms with Crippen LogP contribution in [0.1, 0.15) is 24.0 Å². The van der Waals surface area contributed by atoms with E-state index in [0.29, 0.717) is 45.5 Å². The molecule has 26 heavy (non-hydrogen) atoms. The van der Waals surface area contributed by atoms with Crippen molar-refractivity contribution in [2.75, 3.05) is 26.3 Å². The molecule has 3 rings (SSSR count). The summed E-state index contributed by atoms with van der Waals surface area (Å²) in [6.07, 6.45) is 4.90. The number of aryl methyl sites for hydroxylation is 2. The van der Waals surface area contributed by atoms with E-state index in [4.69, 9.17) is 4.74 Å². The Labute approximate surface area is 153 Å². The Morgan fingerprint density at radius 2 is 2.23 bits per heavy atom. The van der Waals surface area contributed by atoms with Crippen molar-refractivity contribution in [3.05, 3.63) is 48.0 Å². The average molecular weight is 358 g/mol. The van der Waals surface area contributed by atoms with Crippen molar-refractivity contribution in [1.29, 1.82) is 0 Å². The van der Waals surface area contributed by atoms with Crippen molar-refractivity contribution in [3.63, 3.8) is 0 Å². The number of ether oxygens (including phenoxy) is 1. The van der Waals surface area contributed by atoms with E-state index < -0.39 is 5.60 Å². The number of benzene rings is 1. The zero-order valence-corrected chi connectivity index (χ0v) is 15.2. The maximum absolute atomic E-state index is 12.6. The molecule has 2 heterocycles. The highest BCUT2D eigenvalue weighted by molar-refractivity contribution is 5.76. The highest BCUT2D eigenvalue weighted by Gasteiger charge is 2.38. The molecule has 0 aliphatic carbocycles. The van der Waals surface area contributed by atoms with E-state index in [-0.39, 0.29) is 12.5 Å². The Kier molecular flexibility index (Phi) is 6.00. The van der Waals surface area contributed by atoms with Crippen LogP contribution >= 0.6 is 0 Å². The molecule has 0 bridgehead atoms. The monoisotopic (exact) mass is 358 g/mol. The van der Waals surface area contributed by atoms with Gasteiger partial charge < -0.3 is 14.7 Å². The van der Waals surface area contributed by atoms with Crippen molar-refractivity contribution >= 4 is 5.91 Å². The van der Waals surface area contributed by atoms with Crippen LogP contribution in [-0.4, -0.2) is 62.6 Å². The van der Waals surface area contributed by atoms with Gasteiger partial charge in [-0.1, -0.05) is 24.3 Å². The van der Waals surface area contributed by atoms with Gasteiger partial charge in [-0.3, -0.25) is 9.48 Å². The summed E-state index contributed by atoms with van der Waals surface area (Å²) in [7, 11) is 0. The second kappa shape index (κ2) is 8.42. The normalized spacial score (nSPS) is 20.3. The standard InChI is InChI=1S/C19H26N4O3/c1-16-5-2-3-6-17(16)11-19(13-24)12-22(9-10-26-19)18(25)7-4-8-23-15-20-14-21-23/h2-3,5-6,14-15,24H,4,7-13H2,1H3/t19-/m0/s1. The SMILES string of the molecule is Cc1ccccc1C[C@@]1(CO)CN(C(=O)CCCn2cncn2)CCO1. The molecule has 1 atom stereocenters. The number of carbonyl (C=O) groups is 1. The fourth-order valence-electron chi connectivity index (χ4n) is 3.37. The molecule has 1 saturated heterocycles. The summed E-state index contributed by atoms with van der Waals surface area (Å²) in [5.74, 6) is 0.0935. The molecule has 0 spiro atoms. The molecule has 0 saturated carbocycles. The predicted octanol–water partition coefficient (Wildman–Crippen LogP) is 1.20. The maximum atomic E-state index is 12.6. The predicted molar refractivity (Wildman–Crippen MR) is 96.5 cm³/mol. The van der Waals surface area contributed by atoms with Gasteiger partial charge >= 0.3 is 0 Å². The third-order valence-corrected chi connectivity index (χ3v) is 4.91. The lowest BCUT2D eigenvalue weighted by Crippen LogP contribution is -2.56. The van der Waals surface area contributed by atoms with Gasteiger partial charge in [-0.15, -0.1) is 0 Å². The largest absolute Gasteiger partial charge is 0.393 e. The van der Waals surface area contributed by atoms with Gasteiger partial charge in [-0.2, -0.15) is 5.10 Å². The fraction of sp³-hybridized carbons (Fsp3) is 0.526. The molecule has 1 aromatic carbocycles. The second-order valence-electron chi connectivity index (χ2n) is 6.87. The lowest BCUT2D eigenvalue weighted by molar-refractivity contribution is -0.158. The second-order valence-corrected chi connectivity index (χ2v) is 6.87. The minimum Gasteiger partial charge on any atom is -0.393 e. The fourth-order valence-corrected chi connectivity index (χ4v) is 3.37. The van der Waals surface area contributed by atoms with Crippen molar-refractivity contribution in [1.82, 2.24) is 19.7 Å². The summed E-state index contributed by atoms with van der Waals surface area (Å²) >= 11 is 0. The number of aliphatic hydroxyl groups excluding tert-OH is 1. The molecule has 7 heteroatoms. The molecule has 0 unspecified atom stereocenters. The van der Waals surface area contributed by atoms with Gasteiger partial charge in [-0.25, -0.2) is 4.98 Å². The van der Waals surface area contributed by atoms with Crippen LogP contribution in [0.3, 0.4) is 0 Å². The molecular weight excluding hydrogens is 332 g/mol. The average Bonchev–Trinajstić information content (AvgIpc) is 3.17. The van der Waals surface area contributed by atoms with Crippen LogP contribution in [0.2, 0.25) is 0 Å². The molecule has 7 nitrogen and oxygen atoms in total. The molecule has 1 fully saturated rings. The number of aliphatic hydroxyl groups is 1. The first kappa shape index (κ1) is 18.5. The zero-order chi connectivity index (χ0) is 18.4. The first-order valence-electron chi connectivity index (χ1n) is 9.01. The lowest BCUT2D eigenvalue weighted by atomic mass is 9.91. The van der Waals surface area contributed by atoms with Gasteiger partial charge in [0.1, 0.15) is 18.3 Å². The molecular formula is C19H26N4O3. The van der Waals surface area contributed by atoms with Crippen molar-refractivity contribution in [2.24, 2.45) is 0 Å². The minimum absolute atomic E-state index is 0.0935. The quantitative estimate of drug-likeness (QED) is 0.804. The Balaban J connectivity index is 1.59. The smallest absolute Gasteiger partial charge is 0.222 e. The zero-order valence-electron chi connectivity index (χ0n) is 15.2. The Bertz CT molecular complexity index is 719. The van der Waals surface area contributed by atoms with E-state index in [1.165, 1.54) is 11.9 Å². The number of nitrogens with zero attached hydrogens (tertiary/aromatic N) is 4. The van der Waals surface area contributed by atoms with E-state index >= 15 is 0 Å². The van der Waals surface area contributed by atoms with E-state index in [9.17, 15) is 9.90 Å². The Hall–Kier alpha value is -2.25. The molecule has 0 radical (unpaired) electrons. The first-order valence-corrected chi connectivity index (χ1v) is 9.01. The van der Waals surface area contributed by atoms with Crippen LogP contribution in [0, 0.1) is 6.92 Å². The van der Waals surface area contributed by atoms with Gasteiger partial charge in [0.05, 0.1) is 19.8 Å². The van der Waals surface area contributed by atoms with E-state index in [1.54, 1.807) is 11.0 Å². The number of amides is 1. The lowest BCUT2D eigenvalue weighted by Gasteiger charge is -2.42. The number of rotatable bonds is 7. The first-order chi connectivity index (χ1) is 12.6. The highest BCUT2D eigenvalue weighted by Crippen LogP contribution is 2.25. The summed E-state index contributed by atoms with van der Waals surface area (Å²) in [5, 5.41) is 14.1. The van der Waals surface area contributed by atoms with Crippen LogP contribution in [0.5, 0.6) is 0 Å². The third-order valence-electron chi connectivity index (χ3n) is 4.91. The van der Waals surface area contributed by atoms with Crippen molar-refractivity contribution in [2.45, 2.75) is 38.3 Å². The van der Waals surface area contributed by atoms with Gasteiger partial charge in [0.15, 0.2) is 0 Å². The van der Waals surface area contributed by atoms with E-state index in [0.717, 1.165) is 5.56 Å². The molecule has 140 valence electrons. The van der Waals surface area contributed by atoms with Crippen molar-refractivity contribution < 1.29 is 14.6 Å². The van der Waals surface area contributed by atoms with Crippen LogP contribution in [0.25, 0.3) is 0 Å². The summed E-state index contributed by atoms with van der Waals surface area (Å²) in [6.45, 7) is 4.05. The van der Waals surface area contributed by atoms with Gasteiger partial charge in [0.2, 0.25) is 5.91 Å². The summed E-state index contributed by atoms with van der Waals surface area (Å²) < 4.78 is 7.68. The topological polar surface area (TPSA) is 80.5 Å². The van der Waals surface area contributed by atoms with Crippen LogP contribution in [0.15, 0.2) is 36.9 Å². The van der Waals surface area contributed by atoms with Crippen molar-refractivity contribution in [3.8, 4) is 0 Å². The van der Waals surface area contributed by atoms with Crippen LogP contribution < -0.4 is 0 Å². The van der Waals surface area contributed by atoms with Gasteiger partial charge in [0.25, 0.3) is 0 Å². The number of hydrogen-bond acceptors (Lipinski definition) is 5. The Morgan fingerprint density at radius 1 is 1.38 bits per heavy atom. The molecule has 1 aliphatic rings.